The van der Waals surface area contributed by atoms with Crippen LogP contribution in [0, 0.1) is 0 Å². The number of fused-ring (bicyclic) bond motifs is 2. The molecular weight excluding hydrogens is 314 g/mol. The Morgan fingerprint density at radius 3 is 2.88 bits per heavy atom. The first kappa shape index (κ1) is 14.9. The summed E-state index contributed by atoms with van der Waals surface area (Å²) in [5.74, 6) is -0.347. The number of carbonyl (C=O) groups is 3. The molecule has 2 atom stereocenters. The molecule has 1 saturated heterocycles. The van der Waals surface area contributed by atoms with E-state index >= 15 is 0 Å². The van der Waals surface area contributed by atoms with E-state index in [1.807, 2.05) is 0 Å². The van der Waals surface area contributed by atoms with Crippen LogP contribution in [0.2, 0.25) is 0 Å². The minimum atomic E-state index is -0.626. The van der Waals surface area contributed by atoms with Gasteiger partial charge in [-0.05, 0) is 24.1 Å². The maximum atomic E-state index is 12.7. The van der Waals surface area contributed by atoms with Crippen molar-refractivity contribution in [3.8, 4) is 5.75 Å². The number of hydrogen-bond donors (Lipinski definition) is 3. The summed E-state index contributed by atoms with van der Waals surface area (Å²) in [6.45, 7) is 0.680. The molecule has 0 aromatic heterocycles. The highest BCUT2D eigenvalue weighted by molar-refractivity contribution is 6.06. The topological polar surface area (TPSA) is 108 Å². The van der Waals surface area contributed by atoms with E-state index < -0.39 is 11.9 Å². The number of anilines is 1. The van der Waals surface area contributed by atoms with Crippen molar-refractivity contribution in [2.75, 3.05) is 18.5 Å². The molecule has 4 rings (SSSR count). The van der Waals surface area contributed by atoms with Gasteiger partial charge < -0.3 is 20.1 Å². The normalized spacial score (nSPS) is 25.5. The molecule has 1 aromatic carbocycles. The minimum absolute atomic E-state index is 0.0924. The molecule has 3 aliphatic heterocycles. The number of imide groups is 1. The first-order valence-electron chi connectivity index (χ1n) is 7.90. The fraction of sp³-hybridized carbons (Fsp3) is 0.438. The van der Waals surface area contributed by atoms with Crippen molar-refractivity contribution in [3.63, 3.8) is 0 Å². The second-order valence-electron chi connectivity index (χ2n) is 6.21. The molecule has 3 heterocycles. The molecule has 1 aromatic rings. The van der Waals surface area contributed by atoms with Crippen LogP contribution in [0.15, 0.2) is 12.1 Å². The molecule has 24 heavy (non-hydrogen) atoms. The van der Waals surface area contributed by atoms with Crippen LogP contribution < -0.4 is 15.4 Å². The van der Waals surface area contributed by atoms with Crippen molar-refractivity contribution >= 4 is 23.4 Å². The predicted octanol–water partition coefficient (Wildman–Crippen LogP) is -0.387. The number of piperidine rings is 1. The third-order valence-corrected chi connectivity index (χ3v) is 4.64. The third kappa shape index (κ3) is 2.30. The second kappa shape index (κ2) is 5.48. The van der Waals surface area contributed by atoms with Gasteiger partial charge in [0.2, 0.25) is 11.8 Å². The number of nitrogens with one attached hydrogen (secondary N) is 2. The van der Waals surface area contributed by atoms with Crippen molar-refractivity contribution in [2.24, 2.45) is 0 Å². The van der Waals surface area contributed by atoms with Gasteiger partial charge >= 0.3 is 0 Å². The molecule has 126 valence electrons. The summed E-state index contributed by atoms with van der Waals surface area (Å²) in [6.07, 6.45) is 0.250. The Hall–Kier alpha value is -2.61. The number of aliphatic hydroxyl groups is 1. The van der Waals surface area contributed by atoms with E-state index in [1.165, 1.54) is 4.90 Å². The Bertz CT molecular complexity index is 747. The summed E-state index contributed by atoms with van der Waals surface area (Å²) in [7, 11) is 0. The average Bonchev–Trinajstić information content (AvgIpc) is 2.88. The van der Waals surface area contributed by atoms with E-state index in [4.69, 9.17) is 4.74 Å². The number of hydrogen-bond acceptors (Lipinski definition) is 6. The molecule has 8 nitrogen and oxygen atoms in total. The lowest BCUT2D eigenvalue weighted by Gasteiger charge is -2.29. The second-order valence-corrected chi connectivity index (χ2v) is 6.21. The number of benzene rings is 1. The third-order valence-electron chi connectivity index (χ3n) is 4.64. The Balaban J connectivity index is 1.61. The van der Waals surface area contributed by atoms with Crippen molar-refractivity contribution < 1.29 is 24.2 Å². The number of nitrogens with zero attached hydrogens (tertiary/aromatic N) is 1. The standard InChI is InChI=1S/C16H17N3O5/c20-7-9-5-17-11-4-10-8(3-13(11)24-9)6-19(16(10)23)12-1-2-14(21)18-15(12)22/h3-4,9,12,17,20H,1-2,5-7H2,(H,18,21,22)/t9-,12-/m0/s1. The van der Waals surface area contributed by atoms with Gasteiger partial charge in [0.25, 0.3) is 5.91 Å². The lowest BCUT2D eigenvalue weighted by atomic mass is 10.0. The Morgan fingerprint density at radius 1 is 1.29 bits per heavy atom. The number of ether oxygens (including phenoxy) is 1. The summed E-state index contributed by atoms with van der Waals surface area (Å²) < 4.78 is 5.69. The van der Waals surface area contributed by atoms with Crippen LogP contribution in [-0.4, -0.2) is 53.0 Å². The molecule has 0 saturated carbocycles. The molecule has 0 spiro atoms. The zero-order chi connectivity index (χ0) is 16.8. The quantitative estimate of drug-likeness (QED) is 0.637. The van der Waals surface area contributed by atoms with Crippen LogP contribution in [0.5, 0.6) is 5.75 Å². The molecule has 3 amide bonds. The van der Waals surface area contributed by atoms with Gasteiger partial charge in [-0.1, -0.05) is 0 Å². The van der Waals surface area contributed by atoms with Gasteiger partial charge in [-0.15, -0.1) is 0 Å². The van der Waals surface area contributed by atoms with Crippen LogP contribution in [-0.2, 0) is 16.1 Å². The maximum Gasteiger partial charge on any atom is 0.255 e. The van der Waals surface area contributed by atoms with Gasteiger partial charge in [0.05, 0.1) is 18.8 Å². The van der Waals surface area contributed by atoms with Gasteiger partial charge in [-0.25, -0.2) is 0 Å². The van der Waals surface area contributed by atoms with E-state index in [9.17, 15) is 19.5 Å². The van der Waals surface area contributed by atoms with Crippen LogP contribution in [0.1, 0.15) is 28.8 Å². The van der Waals surface area contributed by atoms with Crippen LogP contribution in [0.3, 0.4) is 0 Å². The van der Waals surface area contributed by atoms with Gasteiger partial charge in [-0.2, -0.15) is 0 Å². The summed E-state index contributed by atoms with van der Waals surface area (Å²) in [6, 6.07) is 2.88. The Kier molecular flexibility index (Phi) is 3.42. The molecular formula is C16H17N3O5. The van der Waals surface area contributed by atoms with Crippen molar-refractivity contribution in [1.82, 2.24) is 10.2 Å². The van der Waals surface area contributed by atoms with E-state index in [0.29, 0.717) is 36.5 Å². The largest absolute Gasteiger partial charge is 0.484 e. The van der Waals surface area contributed by atoms with E-state index in [0.717, 1.165) is 5.56 Å². The highest BCUT2D eigenvalue weighted by Crippen LogP contribution is 2.37. The van der Waals surface area contributed by atoms with Gasteiger partial charge in [0.15, 0.2) is 0 Å². The predicted molar refractivity (Wildman–Crippen MR) is 82.5 cm³/mol. The molecule has 3 N–H and O–H groups in total. The van der Waals surface area contributed by atoms with Gasteiger partial charge in [0.1, 0.15) is 17.9 Å². The van der Waals surface area contributed by atoms with Crippen LogP contribution in [0.25, 0.3) is 0 Å². The van der Waals surface area contributed by atoms with Crippen LogP contribution >= 0.6 is 0 Å². The fourth-order valence-corrected chi connectivity index (χ4v) is 3.38. The number of rotatable bonds is 2. The minimum Gasteiger partial charge on any atom is -0.484 e. The van der Waals surface area contributed by atoms with Gasteiger partial charge in [0, 0.05) is 18.5 Å². The molecule has 0 bridgehead atoms. The lowest BCUT2D eigenvalue weighted by Crippen LogP contribution is -2.52. The molecule has 0 aliphatic carbocycles. The SMILES string of the molecule is O=C1CC[C@H](N2Cc3cc4c(cc3C2=O)NC[C@@H](CO)O4)C(=O)N1. The van der Waals surface area contributed by atoms with Gasteiger partial charge in [-0.3, -0.25) is 19.7 Å². The van der Waals surface area contributed by atoms with E-state index in [-0.39, 0.29) is 30.9 Å². The first-order chi connectivity index (χ1) is 11.6. The van der Waals surface area contributed by atoms with Crippen LogP contribution in [0.4, 0.5) is 5.69 Å². The average molecular weight is 331 g/mol. The summed E-state index contributed by atoms with van der Waals surface area (Å²) >= 11 is 0. The maximum absolute atomic E-state index is 12.7. The first-order valence-corrected chi connectivity index (χ1v) is 7.90. The number of amides is 3. The Morgan fingerprint density at radius 2 is 2.12 bits per heavy atom. The lowest BCUT2D eigenvalue weighted by molar-refractivity contribution is -0.136. The van der Waals surface area contributed by atoms with Crippen molar-refractivity contribution in [3.05, 3.63) is 23.3 Å². The monoisotopic (exact) mass is 331 g/mol. The number of aliphatic hydroxyl groups excluding tert-OH is 1. The molecule has 1 fully saturated rings. The fourth-order valence-electron chi connectivity index (χ4n) is 3.38. The highest BCUT2D eigenvalue weighted by Gasteiger charge is 2.40. The van der Waals surface area contributed by atoms with E-state index in [2.05, 4.69) is 10.6 Å². The van der Waals surface area contributed by atoms with Crippen molar-refractivity contribution in [2.45, 2.75) is 31.5 Å². The number of carbonyl (C=O) groups excluding carboxylic acids is 3. The Labute approximate surface area is 137 Å². The summed E-state index contributed by atoms with van der Waals surface area (Å²) in [5.41, 5.74) is 2.03. The van der Waals surface area contributed by atoms with E-state index in [1.54, 1.807) is 12.1 Å². The smallest absolute Gasteiger partial charge is 0.255 e. The zero-order valence-corrected chi connectivity index (χ0v) is 12.9. The zero-order valence-electron chi connectivity index (χ0n) is 12.9. The molecule has 3 aliphatic rings. The van der Waals surface area contributed by atoms with Crippen molar-refractivity contribution in [1.29, 1.82) is 0 Å². The molecule has 8 heteroatoms. The summed E-state index contributed by atoms with van der Waals surface area (Å²) in [4.78, 5) is 37.5. The molecule has 0 unspecified atom stereocenters. The summed E-state index contributed by atoms with van der Waals surface area (Å²) in [5, 5.41) is 14.6. The molecule has 0 radical (unpaired) electrons. The highest BCUT2D eigenvalue weighted by atomic mass is 16.5.